The lowest BCUT2D eigenvalue weighted by molar-refractivity contribution is -0.348. The van der Waals surface area contributed by atoms with Crippen molar-refractivity contribution in [1.82, 2.24) is 0 Å². The summed E-state index contributed by atoms with van der Waals surface area (Å²) in [5, 5.41) is -6.26. The van der Waals surface area contributed by atoms with Gasteiger partial charge in [-0.25, -0.2) is 9.59 Å². The molecule has 3 atom stereocenters. The number of hydrogen-bond acceptors (Lipinski definition) is 8. The summed E-state index contributed by atoms with van der Waals surface area (Å²) in [6.07, 6.45) is -7.72. The molecule has 0 aromatic carbocycles. The van der Waals surface area contributed by atoms with Crippen molar-refractivity contribution >= 4 is 45.6 Å². The van der Waals surface area contributed by atoms with Crippen molar-refractivity contribution < 1.29 is 71.5 Å². The van der Waals surface area contributed by atoms with Gasteiger partial charge < -0.3 is 9.47 Å². The molecular weight excluding hydrogens is 547 g/mol. The van der Waals surface area contributed by atoms with Gasteiger partial charge in [-0.2, -0.15) is 47.9 Å². The van der Waals surface area contributed by atoms with Gasteiger partial charge in [0.1, 0.15) is 12.7 Å². The smallest absolute Gasteiger partial charge is 0.460 e. The fourth-order valence-corrected chi connectivity index (χ4v) is 7.00. The third-order valence-corrected chi connectivity index (χ3v) is 9.27. The summed E-state index contributed by atoms with van der Waals surface area (Å²) >= 11 is 1.67. The first kappa shape index (κ1) is 28.2. The Bertz CT molecular complexity index is 893. The molecule has 1 spiro atoms. The molecule has 7 nitrogen and oxygen atoms in total. The summed E-state index contributed by atoms with van der Waals surface area (Å²) in [5.74, 6) is -18.7. The Morgan fingerprint density at radius 1 is 1.03 bits per heavy atom. The number of hydrogen-bond donors (Lipinski definition) is 1. The van der Waals surface area contributed by atoms with Gasteiger partial charge in [0.05, 0.1) is 4.08 Å². The highest BCUT2D eigenvalue weighted by Gasteiger charge is 2.77. The molecule has 2 rings (SSSR count). The second-order valence-electron chi connectivity index (χ2n) is 6.89. The maximum Gasteiger partial charge on any atom is 0.465 e. The number of halogens is 9. The molecule has 19 heteroatoms. The third kappa shape index (κ3) is 5.14. The highest BCUT2D eigenvalue weighted by atomic mass is 32.2. The quantitative estimate of drug-likeness (QED) is 0.285. The monoisotopic (exact) mass is 560 g/mol. The van der Waals surface area contributed by atoms with Crippen molar-refractivity contribution in [3.05, 3.63) is 0 Å². The summed E-state index contributed by atoms with van der Waals surface area (Å²) in [7, 11) is -6.14. The van der Waals surface area contributed by atoms with Gasteiger partial charge in [-0.3, -0.25) is 4.55 Å². The van der Waals surface area contributed by atoms with Crippen molar-refractivity contribution in [3.8, 4) is 0 Å². The van der Waals surface area contributed by atoms with Gasteiger partial charge in [0.15, 0.2) is 0 Å². The summed E-state index contributed by atoms with van der Waals surface area (Å²) < 4.78 is 153. The van der Waals surface area contributed by atoms with Crippen LogP contribution in [0, 0.1) is 0 Å². The fraction of sp³-hybridized carbons (Fsp3) is 0.857. The van der Waals surface area contributed by atoms with Gasteiger partial charge >= 0.3 is 45.3 Å². The number of thioether (sulfide) groups is 2. The number of ether oxygens (including phenoxy) is 2. The first-order valence-electron chi connectivity index (χ1n) is 8.56. The average molecular weight is 560 g/mol. The van der Waals surface area contributed by atoms with Crippen molar-refractivity contribution in [1.29, 1.82) is 0 Å². The molecule has 2 fully saturated rings. The molecule has 1 aliphatic heterocycles. The van der Waals surface area contributed by atoms with Crippen LogP contribution in [0.1, 0.15) is 19.3 Å². The lowest BCUT2D eigenvalue weighted by atomic mass is 10.1. The number of alkyl halides is 9. The Labute approximate surface area is 187 Å². The lowest BCUT2D eigenvalue weighted by Crippen LogP contribution is -2.56. The van der Waals surface area contributed by atoms with E-state index in [1.54, 1.807) is 0 Å². The first-order chi connectivity index (χ1) is 14.7. The third-order valence-electron chi connectivity index (χ3n) is 4.58. The van der Waals surface area contributed by atoms with Crippen LogP contribution in [0.5, 0.6) is 0 Å². The number of esters is 2. The van der Waals surface area contributed by atoms with Gasteiger partial charge in [0.25, 0.3) is 0 Å². The van der Waals surface area contributed by atoms with E-state index in [4.69, 9.17) is 4.55 Å². The molecule has 0 aromatic rings. The average Bonchev–Trinajstić information content (AvgIpc) is 3.24. The normalized spacial score (nSPS) is 27.1. The van der Waals surface area contributed by atoms with Gasteiger partial charge in [-0.15, -0.1) is 23.5 Å². The molecule has 0 bridgehead atoms. The van der Waals surface area contributed by atoms with Crippen LogP contribution in [0.3, 0.4) is 0 Å². The number of carbonyl (C=O) groups excluding carboxylic acids is 2. The van der Waals surface area contributed by atoms with E-state index >= 15 is 0 Å². The highest BCUT2D eigenvalue weighted by molar-refractivity contribution is 8.21. The Kier molecular flexibility index (Phi) is 7.55. The molecule has 3 unspecified atom stereocenters. The SMILES string of the molecule is O=C(OCC1CSC2(CCCC2OC(=O)C(F)(F)S(=O)(=O)O)S1)C(F)(F)C(F)(F)C(F)(F)F. The van der Waals surface area contributed by atoms with Crippen LogP contribution in [-0.4, -0.2) is 76.0 Å². The van der Waals surface area contributed by atoms with Crippen LogP contribution in [-0.2, 0) is 29.2 Å². The summed E-state index contributed by atoms with van der Waals surface area (Å²) in [6, 6.07) is 0. The van der Waals surface area contributed by atoms with Crippen molar-refractivity contribution in [2.24, 2.45) is 0 Å². The minimum absolute atomic E-state index is 0.0460. The maximum atomic E-state index is 13.4. The van der Waals surface area contributed by atoms with E-state index in [0.29, 0.717) is 0 Å². The molecular formula is C14H13F9O7S3. The van der Waals surface area contributed by atoms with E-state index < -0.39 is 67.4 Å². The van der Waals surface area contributed by atoms with E-state index in [9.17, 15) is 57.5 Å². The summed E-state index contributed by atoms with van der Waals surface area (Å²) in [6.45, 7) is -1.05. The standard InChI is InChI=1S/C14H13F9O7S3/c15-11(16,13(19,20)14(21,22)23)8(24)29-4-6-5-31-10(32-6)3-1-2-7(10)30-9(25)12(17,18)33(26,27)28/h6-7H,1-5H2,(H,26,27,28). The lowest BCUT2D eigenvalue weighted by Gasteiger charge is -2.30. The molecule has 1 heterocycles. The topological polar surface area (TPSA) is 107 Å². The predicted octanol–water partition coefficient (Wildman–Crippen LogP) is 3.48. The maximum absolute atomic E-state index is 13.4. The molecule has 1 N–H and O–H groups in total. The molecule has 33 heavy (non-hydrogen) atoms. The highest BCUT2D eigenvalue weighted by Crippen LogP contribution is 2.58. The molecule has 1 aliphatic carbocycles. The van der Waals surface area contributed by atoms with Crippen molar-refractivity contribution in [2.45, 2.75) is 58.0 Å². The van der Waals surface area contributed by atoms with Crippen molar-refractivity contribution in [3.63, 3.8) is 0 Å². The zero-order valence-corrected chi connectivity index (χ0v) is 18.2. The molecule has 192 valence electrons. The van der Waals surface area contributed by atoms with Crippen LogP contribution in [0.25, 0.3) is 0 Å². The minimum atomic E-state index is -6.73. The van der Waals surface area contributed by atoms with E-state index in [1.807, 2.05) is 0 Å². The van der Waals surface area contributed by atoms with Crippen LogP contribution < -0.4 is 0 Å². The number of rotatable bonds is 7. The molecule has 1 saturated heterocycles. The van der Waals surface area contributed by atoms with E-state index in [0.717, 1.165) is 23.5 Å². The number of carbonyl (C=O) groups is 2. The zero-order chi connectivity index (χ0) is 25.7. The van der Waals surface area contributed by atoms with Crippen LogP contribution in [0.15, 0.2) is 0 Å². The Morgan fingerprint density at radius 3 is 2.12 bits per heavy atom. The Balaban J connectivity index is 2.03. The van der Waals surface area contributed by atoms with Crippen LogP contribution in [0.2, 0.25) is 0 Å². The van der Waals surface area contributed by atoms with Crippen LogP contribution in [0.4, 0.5) is 39.5 Å². The van der Waals surface area contributed by atoms with E-state index in [1.165, 1.54) is 0 Å². The molecule has 2 aliphatic rings. The van der Waals surface area contributed by atoms with E-state index in [2.05, 4.69) is 9.47 Å². The van der Waals surface area contributed by atoms with E-state index in [-0.39, 0.29) is 25.0 Å². The van der Waals surface area contributed by atoms with Gasteiger partial charge in [-0.05, 0) is 19.3 Å². The van der Waals surface area contributed by atoms with Crippen molar-refractivity contribution in [2.75, 3.05) is 12.4 Å². The second kappa shape index (κ2) is 8.85. The molecule has 0 radical (unpaired) electrons. The zero-order valence-electron chi connectivity index (χ0n) is 15.7. The predicted molar refractivity (Wildman–Crippen MR) is 93.7 cm³/mol. The minimum Gasteiger partial charge on any atom is -0.460 e. The molecule has 0 aromatic heterocycles. The van der Waals surface area contributed by atoms with Gasteiger partial charge in [-0.1, -0.05) is 0 Å². The molecule has 0 amide bonds. The Hall–Kier alpha value is -1.08. The summed E-state index contributed by atoms with van der Waals surface area (Å²) in [5.41, 5.74) is 0. The van der Waals surface area contributed by atoms with Gasteiger partial charge in [0.2, 0.25) is 0 Å². The molecule has 1 saturated carbocycles. The van der Waals surface area contributed by atoms with Gasteiger partial charge in [0, 0.05) is 11.0 Å². The largest absolute Gasteiger partial charge is 0.465 e. The Morgan fingerprint density at radius 2 is 1.61 bits per heavy atom. The fourth-order valence-electron chi connectivity index (χ4n) is 2.90. The van der Waals surface area contributed by atoms with Crippen LogP contribution >= 0.6 is 23.5 Å². The first-order valence-corrected chi connectivity index (χ1v) is 11.9. The summed E-state index contributed by atoms with van der Waals surface area (Å²) in [4.78, 5) is 22.8. The second-order valence-corrected chi connectivity index (χ2v) is 11.6.